The quantitative estimate of drug-likeness (QED) is 0.154. The maximum atomic E-state index is 5.29. The lowest BCUT2D eigenvalue weighted by molar-refractivity contribution is 1.22. The minimum Gasteiger partial charge on any atom is -0.255 e. The number of rotatable bonds is 7. The van der Waals surface area contributed by atoms with Gasteiger partial charge in [-0.05, 0) is 105 Å². The number of aromatic nitrogens is 4. The lowest BCUT2D eigenvalue weighted by Crippen LogP contribution is -1.94. The Bertz CT molecular complexity index is 2940. The molecule has 4 heteroatoms. The summed E-state index contributed by atoms with van der Waals surface area (Å²) in [6, 6.07) is 68.0. The minimum absolute atomic E-state index is 0.806. The van der Waals surface area contributed by atoms with E-state index in [0.29, 0.717) is 0 Å². The minimum atomic E-state index is 0.806. The lowest BCUT2D eigenvalue weighted by Gasteiger charge is -2.15. The van der Waals surface area contributed by atoms with Crippen LogP contribution in [-0.2, 0) is 0 Å². The van der Waals surface area contributed by atoms with Crippen LogP contribution in [0.2, 0.25) is 0 Å². The molecule has 262 valence electrons. The molecule has 0 aliphatic carbocycles. The third-order valence-electron chi connectivity index (χ3n) is 10.4. The van der Waals surface area contributed by atoms with Crippen LogP contribution in [0.5, 0.6) is 0 Å². The molecule has 0 unspecified atom stereocenters. The van der Waals surface area contributed by atoms with Crippen molar-refractivity contribution in [2.24, 2.45) is 0 Å². The maximum absolute atomic E-state index is 5.29. The zero-order valence-corrected chi connectivity index (χ0v) is 30.4. The van der Waals surface area contributed by atoms with E-state index in [1.807, 2.05) is 36.4 Å². The molecule has 4 nitrogen and oxygen atoms in total. The summed E-state index contributed by atoms with van der Waals surface area (Å²) >= 11 is 0. The largest absolute Gasteiger partial charge is 0.255 e. The standard InChI is InChI=1S/C52H34N4/c1-3-14-35(15-4-1)43-22-13-23-44-51(43)45-32-41(26-27-46(45)56-52(44)36-16-5-2-6-17-36)39-20-11-18-37(30-39)38-19-12-21-40(31-38)42-33-49(47-24-7-9-28-53-47)55-50(34-42)48-25-8-10-29-54-48/h1-34H. The average Bonchev–Trinajstić information content (AvgIpc) is 3.29. The van der Waals surface area contributed by atoms with Crippen LogP contribution in [0.4, 0.5) is 0 Å². The second kappa shape index (κ2) is 14.3. The summed E-state index contributed by atoms with van der Waals surface area (Å²) in [5.74, 6) is 0. The Morgan fingerprint density at radius 1 is 0.286 bits per heavy atom. The van der Waals surface area contributed by atoms with Gasteiger partial charge in [-0.3, -0.25) is 9.97 Å². The number of hydrogen-bond donors (Lipinski definition) is 0. The van der Waals surface area contributed by atoms with Gasteiger partial charge >= 0.3 is 0 Å². The molecule has 10 rings (SSSR count). The van der Waals surface area contributed by atoms with Crippen molar-refractivity contribution in [2.75, 3.05) is 0 Å². The predicted octanol–water partition coefficient (Wildman–Crippen LogP) is 13.2. The van der Waals surface area contributed by atoms with Crippen molar-refractivity contribution in [2.45, 2.75) is 0 Å². The van der Waals surface area contributed by atoms with Gasteiger partial charge in [-0.2, -0.15) is 0 Å². The SMILES string of the molecule is c1ccc(-c2nc3ccc(-c4cccc(-c5cccc(-c6cc(-c7ccccn7)nc(-c7ccccn7)c6)c5)c4)cc3c3c(-c4ccccc4)cccc23)cc1. The summed E-state index contributed by atoms with van der Waals surface area (Å²) < 4.78 is 0. The summed E-state index contributed by atoms with van der Waals surface area (Å²) in [7, 11) is 0. The highest BCUT2D eigenvalue weighted by atomic mass is 14.8. The summed E-state index contributed by atoms with van der Waals surface area (Å²) in [4.78, 5) is 19.5. The van der Waals surface area contributed by atoms with Gasteiger partial charge in [-0.1, -0.05) is 133 Å². The molecule has 0 radical (unpaired) electrons. The van der Waals surface area contributed by atoms with Crippen LogP contribution in [0.15, 0.2) is 207 Å². The molecular formula is C52H34N4. The highest BCUT2D eigenvalue weighted by Gasteiger charge is 2.16. The third kappa shape index (κ3) is 6.29. The maximum Gasteiger partial charge on any atom is 0.0900 e. The Hall–Kier alpha value is -7.56. The first-order chi connectivity index (χ1) is 27.7. The Balaban J connectivity index is 1.08. The fourth-order valence-corrected chi connectivity index (χ4v) is 7.65. The van der Waals surface area contributed by atoms with Gasteiger partial charge in [-0.25, -0.2) is 9.97 Å². The molecule has 0 fully saturated rings. The molecule has 0 bridgehead atoms. The zero-order valence-electron chi connectivity index (χ0n) is 30.4. The van der Waals surface area contributed by atoms with Crippen molar-refractivity contribution < 1.29 is 0 Å². The van der Waals surface area contributed by atoms with E-state index in [1.54, 1.807) is 12.4 Å². The van der Waals surface area contributed by atoms with Crippen molar-refractivity contribution in [3.63, 3.8) is 0 Å². The van der Waals surface area contributed by atoms with Gasteiger partial charge in [0.1, 0.15) is 0 Å². The summed E-state index contributed by atoms with van der Waals surface area (Å²) in [5, 5.41) is 3.48. The Morgan fingerprint density at radius 3 is 1.39 bits per heavy atom. The molecule has 0 aliphatic heterocycles. The van der Waals surface area contributed by atoms with Gasteiger partial charge in [0, 0.05) is 34.1 Å². The van der Waals surface area contributed by atoms with Crippen LogP contribution in [0.3, 0.4) is 0 Å². The molecule has 0 amide bonds. The van der Waals surface area contributed by atoms with E-state index < -0.39 is 0 Å². The zero-order chi connectivity index (χ0) is 37.3. The van der Waals surface area contributed by atoms with E-state index in [9.17, 15) is 0 Å². The monoisotopic (exact) mass is 714 g/mol. The number of benzene rings is 6. The van der Waals surface area contributed by atoms with E-state index in [-0.39, 0.29) is 0 Å². The van der Waals surface area contributed by atoms with Crippen LogP contribution in [0.1, 0.15) is 0 Å². The molecule has 0 spiro atoms. The van der Waals surface area contributed by atoms with Gasteiger partial charge in [0.25, 0.3) is 0 Å². The third-order valence-corrected chi connectivity index (χ3v) is 10.4. The van der Waals surface area contributed by atoms with Crippen molar-refractivity contribution >= 4 is 21.7 Å². The van der Waals surface area contributed by atoms with Crippen molar-refractivity contribution in [3.8, 4) is 78.5 Å². The Kier molecular flexibility index (Phi) is 8.47. The van der Waals surface area contributed by atoms with Crippen LogP contribution >= 0.6 is 0 Å². The van der Waals surface area contributed by atoms with Crippen LogP contribution in [0.25, 0.3) is 100 Å². The number of fused-ring (bicyclic) bond motifs is 3. The first-order valence-corrected chi connectivity index (χ1v) is 18.8. The van der Waals surface area contributed by atoms with Crippen LogP contribution in [0, 0.1) is 0 Å². The molecule has 0 atom stereocenters. The highest BCUT2D eigenvalue weighted by molar-refractivity contribution is 6.17. The molecule has 0 saturated heterocycles. The molecule has 4 heterocycles. The molecule has 0 saturated carbocycles. The molecule has 4 aromatic heterocycles. The normalized spacial score (nSPS) is 11.2. The van der Waals surface area contributed by atoms with Gasteiger partial charge in [0.2, 0.25) is 0 Å². The van der Waals surface area contributed by atoms with Gasteiger partial charge < -0.3 is 0 Å². The van der Waals surface area contributed by atoms with Crippen molar-refractivity contribution in [1.82, 2.24) is 19.9 Å². The van der Waals surface area contributed by atoms with Crippen molar-refractivity contribution in [1.29, 1.82) is 0 Å². The van der Waals surface area contributed by atoms with Gasteiger partial charge in [-0.15, -0.1) is 0 Å². The average molecular weight is 715 g/mol. The summed E-state index contributed by atoms with van der Waals surface area (Å²) in [6.45, 7) is 0. The first-order valence-electron chi connectivity index (χ1n) is 18.8. The molecule has 6 aromatic carbocycles. The van der Waals surface area contributed by atoms with E-state index in [0.717, 1.165) is 83.7 Å². The highest BCUT2D eigenvalue weighted by Crippen LogP contribution is 2.40. The van der Waals surface area contributed by atoms with Crippen LogP contribution in [-0.4, -0.2) is 19.9 Å². The van der Waals surface area contributed by atoms with E-state index in [1.165, 1.54) is 16.5 Å². The Morgan fingerprint density at radius 2 is 0.804 bits per heavy atom. The molecule has 0 aliphatic rings. The number of hydrogen-bond acceptors (Lipinski definition) is 4. The summed E-state index contributed by atoms with van der Waals surface area (Å²) in [5.41, 5.74) is 15.4. The number of pyridine rings is 4. The van der Waals surface area contributed by atoms with Gasteiger partial charge in [0.15, 0.2) is 0 Å². The second-order valence-electron chi connectivity index (χ2n) is 13.9. The van der Waals surface area contributed by atoms with E-state index in [2.05, 4.69) is 168 Å². The van der Waals surface area contributed by atoms with Crippen LogP contribution < -0.4 is 0 Å². The number of nitrogens with zero attached hydrogens (tertiary/aromatic N) is 4. The molecule has 10 aromatic rings. The smallest absolute Gasteiger partial charge is 0.0900 e. The van der Waals surface area contributed by atoms with Crippen molar-refractivity contribution in [3.05, 3.63) is 207 Å². The molecule has 56 heavy (non-hydrogen) atoms. The molecular weight excluding hydrogens is 681 g/mol. The predicted molar refractivity (Wildman–Crippen MR) is 231 cm³/mol. The second-order valence-corrected chi connectivity index (χ2v) is 13.9. The van der Waals surface area contributed by atoms with Gasteiger partial charge in [0.05, 0.1) is 34.0 Å². The fourth-order valence-electron chi connectivity index (χ4n) is 7.65. The fraction of sp³-hybridized carbons (Fsp3) is 0. The summed E-state index contributed by atoms with van der Waals surface area (Å²) in [6.07, 6.45) is 3.60. The lowest BCUT2D eigenvalue weighted by atomic mass is 9.91. The first kappa shape index (κ1) is 33.0. The Labute approximate surface area is 325 Å². The van der Waals surface area contributed by atoms with E-state index >= 15 is 0 Å². The van der Waals surface area contributed by atoms with E-state index in [4.69, 9.17) is 9.97 Å². The molecule has 0 N–H and O–H groups in total. The topological polar surface area (TPSA) is 51.6 Å².